The van der Waals surface area contributed by atoms with Gasteiger partial charge >= 0.3 is 0 Å². The highest BCUT2D eigenvalue weighted by molar-refractivity contribution is 9.10. The zero-order valence-corrected chi connectivity index (χ0v) is 14.1. The average Bonchev–Trinajstić information content (AvgIpc) is 2.45. The summed E-state index contributed by atoms with van der Waals surface area (Å²) in [6, 6.07) is 4.64. The molecule has 1 saturated heterocycles. The first kappa shape index (κ1) is 16.0. The van der Waals surface area contributed by atoms with Gasteiger partial charge in [-0.2, -0.15) is 0 Å². The van der Waals surface area contributed by atoms with Crippen LogP contribution in [0.3, 0.4) is 0 Å². The van der Waals surface area contributed by atoms with Gasteiger partial charge in [-0.25, -0.2) is 0 Å². The fourth-order valence-corrected chi connectivity index (χ4v) is 3.04. The summed E-state index contributed by atoms with van der Waals surface area (Å²) in [4.78, 5) is 0. The first-order valence-corrected chi connectivity index (χ1v) is 8.12. The predicted octanol–water partition coefficient (Wildman–Crippen LogP) is 3.52. The van der Waals surface area contributed by atoms with Gasteiger partial charge in [-0.15, -0.1) is 0 Å². The van der Waals surface area contributed by atoms with Gasteiger partial charge in [-0.05, 0) is 49.6 Å². The normalized spacial score (nSPS) is 20.9. The Hall–Kier alpha value is -0.420. The maximum absolute atomic E-state index is 5.92. The lowest BCUT2D eigenvalue weighted by Gasteiger charge is -2.32. The second-order valence-electron chi connectivity index (χ2n) is 5.37. The van der Waals surface area contributed by atoms with Gasteiger partial charge in [0.05, 0.1) is 25.9 Å². The van der Waals surface area contributed by atoms with E-state index in [0.717, 1.165) is 17.4 Å². The van der Waals surface area contributed by atoms with E-state index in [1.165, 1.54) is 16.7 Å². The van der Waals surface area contributed by atoms with E-state index >= 15 is 0 Å². The van der Waals surface area contributed by atoms with Crippen LogP contribution < -0.4 is 5.32 Å². The number of halogens is 1. The SMILES string of the molecule is CCCNC(c1cc(C)c(Br)cc1C)C1COCCO1. The first-order valence-electron chi connectivity index (χ1n) is 7.33. The Labute approximate surface area is 130 Å². The number of aryl methyl sites for hydroxylation is 2. The fraction of sp³-hybridized carbons (Fsp3) is 0.625. The monoisotopic (exact) mass is 341 g/mol. The standard InChI is InChI=1S/C16H24BrNO2/c1-4-5-18-16(15-10-19-6-7-20-15)13-8-12(3)14(17)9-11(13)2/h8-9,15-16,18H,4-7,10H2,1-3H3. The Balaban J connectivity index is 2.27. The quantitative estimate of drug-likeness (QED) is 0.888. The fourth-order valence-electron chi connectivity index (χ4n) is 2.58. The molecule has 3 nitrogen and oxygen atoms in total. The van der Waals surface area contributed by atoms with Crippen molar-refractivity contribution in [1.82, 2.24) is 5.32 Å². The highest BCUT2D eigenvalue weighted by Gasteiger charge is 2.27. The Bertz CT molecular complexity index is 444. The Kier molecular flexibility index (Phi) is 6.02. The van der Waals surface area contributed by atoms with Gasteiger partial charge in [-0.1, -0.05) is 28.9 Å². The molecular formula is C16H24BrNO2. The van der Waals surface area contributed by atoms with Crippen molar-refractivity contribution in [2.45, 2.75) is 39.3 Å². The summed E-state index contributed by atoms with van der Waals surface area (Å²) in [6.45, 7) is 9.50. The smallest absolute Gasteiger partial charge is 0.100 e. The Morgan fingerprint density at radius 3 is 2.75 bits per heavy atom. The van der Waals surface area contributed by atoms with Crippen LogP contribution in [0.4, 0.5) is 0 Å². The molecule has 2 unspecified atom stereocenters. The Morgan fingerprint density at radius 1 is 1.30 bits per heavy atom. The van der Waals surface area contributed by atoms with E-state index in [1.807, 2.05) is 0 Å². The first-order chi connectivity index (χ1) is 9.63. The number of ether oxygens (including phenoxy) is 2. The van der Waals surface area contributed by atoms with Crippen LogP contribution in [-0.2, 0) is 9.47 Å². The van der Waals surface area contributed by atoms with Crippen LogP contribution in [0.15, 0.2) is 16.6 Å². The van der Waals surface area contributed by atoms with Crippen molar-refractivity contribution < 1.29 is 9.47 Å². The number of hydrogen-bond donors (Lipinski definition) is 1. The summed E-state index contributed by atoms with van der Waals surface area (Å²) in [5.74, 6) is 0. The van der Waals surface area contributed by atoms with Crippen LogP contribution in [0.2, 0.25) is 0 Å². The van der Waals surface area contributed by atoms with Crippen molar-refractivity contribution >= 4 is 15.9 Å². The second kappa shape index (κ2) is 7.55. The van der Waals surface area contributed by atoms with Gasteiger partial charge in [0.15, 0.2) is 0 Å². The maximum atomic E-state index is 5.92. The topological polar surface area (TPSA) is 30.5 Å². The molecule has 1 aromatic carbocycles. The molecule has 0 radical (unpaired) electrons. The zero-order valence-electron chi connectivity index (χ0n) is 12.5. The summed E-state index contributed by atoms with van der Waals surface area (Å²) in [5, 5.41) is 3.62. The lowest BCUT2D eigenvalue weighted by molar-refractivity contribution is -0.102. The highest BCUT2D eigenvalue weighted by atomic mass is 79.9. The molecule has 0 aliphatic carbocycles. The molecule has 1 fully saturated rings. The van der Waals surface area contributed by atoms with Gasteiger partial charge in [0.1, 0.15) is 6.10 Å². The molecule has 0 bridgehead atoms. The molecule has 1 heterocycles. The van der Waals surface area contributed by atoms with Gasteiger partial charge < -0.3 is 14.8 Å². The third-order valence-electron chi connectivity index (χ3n) is 3.71. The van der Waals surface area contributed by atoms with E-state index in [-0.39, 0.29) is 12.1 Å². The molecule has 0 spiro atoms. The minimum atomic E-state index is 0.0922. The van der Waals surface area contributed by atoms with Gasteiger partial charge in [0.2, 0.25) is 0 Å². The molecule has 0 saturated carbocycles. The molecule has 1 N–H and O–H groups in total. The summed E-state index contributed by atoms with van der Waals surface area (Å²) < 4.78 is 12.7. The summed E-state index contributed by atoms with van der Waals surface area (Å²) in [7, 11) is 0. The molecule has 0 amide bonds. The predicted molar refractivity (Wildman–Crippen MR) is 85.2 cm³/mol. The zero-order chi connectivity index (χ0) is 14.5. The number of hydrogen-bond acceptors (Lipinski definition) is 3. The molecule has 1 aromatic rings. The largest absolute Gasteiger partial charge is 0.376 e. The van der Waals surface area contributed by atoms with Crippen LogP contribution in [-0.4, -0.2) is 32.5 Å². The van der Waals surface area contributed by atoms with Crippen molar-refractivity contribution in [1.29, 1.82) is 0 Å². The lowest BCUT2D eigenvalue weighted by Crippen LogP contribution is -2.41. The number of nitrogens with one attached hydrogen (secondary N) is 1. The molecule has 112 valence electrons. The van der Waals surface area contributed by atoms with Crippen LogP contribution in [0.5, 0.6) is 0 Å². The van der Waals surface area contributed by atoms with Crippen LogP contribution in [0.1, 0.15) is 36.1 Å². The highest BCUT2D eigenvalue weighted by Crippen LogP contribution is 2.29. The minimum Gasteiger partial charge on any atom is -0.376 e. The molecular weight excluding hydrogens is 318 g/mol. The average molecular weight is 342 g/mol. The van der Waals surface area contributed by atoms with Crippen molar-refractivity contribution in [3.8, 4) is 0 Å². The summed E-state index contributed by atoms with van der Waals surface area (Å²) in [5.41, 5.74) is 3.85. The second-order valence-corrected chi connectivity index (χ2v) is 6.23. The Morgan fingerprint density at radius 2 is 2.10 bits per heavy atom. The third-order valence-corrected chi connectivity index (χ3v) is 4.56. The van der Waals surface area contributed by atoms with Crippen molar-refractivity contribution in [2.24, 2.45) is 0 Å². The molecule has 4 heteroatoms. The summed E-state index contributed by atoms with van der Waals surface area (Å²) >= 11 is 3.60. The van der Waals surface area contributed by atoms with Gasteiger partial charge in [-0.3, -0.25) is 0 Å². The molecule has 20 heavy (non-hydrogen) atoms. The van der Waals surface area contributed by atoms with Gasteiger partial charge in [0, 0.05) is 4.47 Å². The maximum Gasteiger partial charge on any atom is 0.100 e. The van der Waals surface area contributed by atoms with E-state index in [2.05, 4.69) is 54.2 Å². The third kappa shape index (κ3) is 3.82. The minimum absolute atomic E-state index is 0.0922. The van der Waals surface area contributed by atoms with Crippen LogP contribution in [0.25, 0.3) is 0 Å². The van der Waals surface area contributed by atoms with Crippen molar-refractivity contribution in [3.63, 3.8) is 0 Å². The van der Waals surface area contributed by atoms with Crippen molar-refractivity contribution in [3.05, 3.63) is 33.3 Å². The summed E-state index contributed by atoms with van der Waals surface area (Å²) in [6.07, 6.45) is 1.20. The van der Waals surface area contributed by atoms with E-state index < -0.39 is 0 Å². The van der Waals surface area contributed by atoms with E-state index in [4.69, 9.17) is 9.47 Å². The number of rotatable bonds is 5. The molecule has 1 aliphatic rings. The number of benzene rings is 1. The van der Waals surface area contributed by atoms with Crippen LogP contribution >= 0.6 is 15.9 Å². The molecule has 1 aliphatic heterocycles. The van der Waals surface area contributed by atoms with E-state index in [1.54, 1.807) is 0 Å². The molecule has 2 rings (SSSR count). The van der Waals surface area contributed by atoms with Gasteiger partial charge in [0.25, 0.3) is 0 Å². The lowest BCUT2D eigenvalue weighted by atomic mass is 9.95. The van der Waals surface area contributed by atoms with E-state index in [0.29, 0.717) is 19.8 Å². The van der Waals surface area contributed by atoms with Crippen molar-refractivity contribution in [2.75, 3.05) is 26.4 Å². The van der Waals surface area contributed by atoms with Crippen LogP contribution in [0, 0.1) is 13.8 Å². The molecule has 0 aromatic heterocycles. The molecule has 2 atom stereocenters. The van der Waals surface area contributed by atoms with E-state index in [9.17, 15) is 0 Å².